The van der Waals surface area contributed by atoms with Crippen LogP contribution >= 0.6 is 0 Å². The van der Waals surface area contributed by atoms with E-state index < -0.39 is 0 Å². The molecule has 4 heteroatoms. The molecule has 1 unspecified atom stereocenters. The third kappa shape index (κ3) is 2.13. The first kappa shape index (κ1) is 11.2. The first-order valence-electron chi connectivity index (χ1n) is 4.76. The summed E-state index contributed by atoms with van der Waals surface area (Å²) >= 11 is 0. The van der Waals surface area contributed by atoms with E-state index in [1.165, 1.54) is 0 Å². The summed E-state index contributed by atoms with van der Waals surface area (Å²) in [5.41, 5.74) is 2.84. The monoisotopic (exact) mass is 198 g/mol. The summed E-state index contributed by atoms with van der Waals surface area (Å²) in [5.74, 6) is 0. The summed E-state index contributed by atoms with van der Waals surface area (Å²) in [6, 6.07) is 0. The lowest BCUT2D eigenvalue weighted by Gasteiger charge is -2.10. The van der Waals surface area contributed by atoms with Gasteiger partial charge in [0.2, 0.25) is 0 Å². The summed E-state index contributed by atoms with van der Waals surface area (Å²) in [5, 5.41) is 13.5. The Morgan fingerprint density at radius 3 is 2.57 bits per heavy atom. The van der Waals surface area contributed by atoms with Gasteiger partial charge in [-0.1, -0.05) is 0 Å². The molecule has 0 bridgehead atoms. The maximum Gasteiger partial charge on any atom is 0.0739 e. The van der Waals surface area contributed by atoms with Crippen molar-refractivity contribution < 1.29 is 9.84 Å². The van der Waals surface area contributed by atoms with Crippen LogP contribution in [0.15, 0.2) is 0 Å². The maximum absolute atomic E-state index is 9.12. The summed E-state index contributed by atoms with van der Waals surface area (Å²) in [6.07, 6.45) is 0.138. The van der Waals surface area contributed by atoms with Gasteiger partial charge in [-0.25, -0.2) is 0 Å². The predicted octanol–water partition coefficient (Wildman–Crippen LogP) is 1.03. The van der Waals surface area contributed by atoms with Crippen molar-refractivity contribution in [2.45, 2.75) is 40.0 Å². The average molecular weight is 198 g/mol. The molecule has 1 aromatic heterocycles. The van der Waals surface area contributed by atoms with E-state index in [2.05, 4.69) is 5.10 Å². The lowest BCUT2D eigenvalue weighted by atomic mass is 10.2. The first-order chi connectivity index (χ1) is 6.60. The molecule has 4 nitrogen and oxygen atoms in total. The van der Waals surface area contributed by atoms with Gasteiger partial charge in [0.05, 0.1) is 24.9 Å². The molecule has 0 saturated carbocycles. The SMILES string of the molecule is COC(C)Cn1nc(C)c(CO)c1C. The molecule has 1 rings (SSSR count). The number of nitrogens with zero attached hydrogens (tertiary/aromatic N) is 2. The minimum Gasteiger partial charge on any atom is -0.392 e. The number of rotatable bonds is 4. The van der Waals surface area contributed by atoms with Crippen molar-refractivity contribution in [3.05, 3.63) is 17.0 Å². The molecule has 1 heterocycles. The number of aryl methyl sites for hydroxylation is 1. The van der Waals surface area contributed by atoms with Gasteiger partial charge in [-0.15, -0.1) is 0 Å². The van der Waals surface area contributed by atoms with Gasteiger partial charge in [0.1, 0.15) is 0 Å². The second-order valence-electron chi connectivity index (χ2n) is 3.54. The van der Waals surface area contributed by atoms with Crippen LogP contribution in [0.1, 0.15) is 23.9 Å². The molecule has 0 amide bonds. The summed E-state index contributed by atoms with van der Waals surface area (Å²) < 4.78 is 7.05. The van der Waals surface area contributed by atoms with Crippen molar-refractivity contribution in [1.29, 1.82) is 0 Å². The van der Waals surface area contributed by atoms with Crippen LogP contribution in [-0.2, 0) is 17.9 Å². The molecule has 1 aromatic rings. The topological polar surface area (TPSA) is 47.3 Å². The molecular weight excluding hydrogens is 180 g/mol. The minimum absolute atomic E-state index is 0.0546. The van der Waals surface area contributed by atoms with Gasteiger partial charge in [0.25, 0.3) is 0 Å². The lowest BCUT2D eigenvalue weighted by molar-refractivity contribution is 0.0991. The predicted molar refractivity (Wildman–Crippen MR) is 54.1 cm³/mol. The number of hydrogen-bond acceptors (Lipinski definition) is 3. The standard InChI is InChI=1S/C10H18N2O2/c1-7(14-4)5-12-9(3)10(6-13)8(2)11-12/h7,13H,5-6H2,1-4H3. The highest BCUT2D eigenvalue weighted by Gasteiger charge is 2.11. The zero-order valence-electron chi connectivity index (χ0n) is 9.24. The van der Waals surface area contributed by atoms with Gasteiger partial charge in [0, 0.05) is 18.4 Å². The molecule has 0 saturated heterocycles. The van der Waals surface area contributed by atoms with Crippen LogP contribution < -0.4 is 0 Å². The fraction of sp³-hybridized carbons (Fsp3) is 0.700. The minimum atomic E-state index is 0.0546. The van der Waals surface area contributed by atoms with Crippen molar-refractivity contribution >= 4 is 0 Å². The van der Waals surface area contributed by atoms with E-state index in [0.29, 0.717) is 0 Å². The molecule has 1 N–H and O–H groups in total. The van der Waals surface area contributed by atoms with Gasteiger partial charge < -0.3 is 9.84 Å². The first-order valence-corrected chi connectivity index (χ1v) is 4.76. The van der Waals surface area contributed by atoms with Crippen LogP contribution in [-0.4, -0.2) is 28.1 Å². The largest absolute Gasteiger partial charge is 0.392 e. The van der Waals surface area contributed by atoms with Crippen molar-refractivity contribution in [3.8, 4) is 0 Å². The Labute approximate surface area is 84.5 Å². The highest BCUT2D eigenvalue weighted by atomic mass is 16.5. The van der Waals surface area contributed by atoms with Crippen molar-refractivity contribution in [2.24, 2.45) is 0 Å². The quantitative estimate of drug-likeness (QED) is 0.786. The Morgan fingerprint density at radius 2 is 2.14 bits per heavy atom. The smallest absolute Gasteiger partial charge is 0.0739 e. The van der Waals surface area contributed by atoms with E-state index in [9.17, 15) is 0 Å². The van der Waals surface area contributed by atoms with Crippen molar-refractivity contribution in [3.63, 3.8) is 0 Å². The van der Waals surface area contributed by atoms with Gasteiger partial charge in [0.15, 0.2) is 0 Å². The lowest BCUT2D eigenvalue weighted by Crippen LogP contribution is -2.16. The van der Waals surface area contributed by atoms with E-state index in [-0.39, 0.29) is 12.7 Å². The second kappa shape index (κ2) is 4.57. The number of ether oxygens (including phenoxy) is 1. The fourth-order valence-electron chi connectivity index (χ4n) is 1.46. The second-order valence-corrected chi connectivity index (χ2v) is 3.54. The van der Waals surface area contributed by atoms with E-state index in [4.69, 9.17) is 9.84 Å². The number of hydrogen-bond donors (Lipinski definition) is 1. The molecule has 0 aliphatic carbocycles. The van der Waals surface area contributed by atoms with Crippen LogP contribution in [0.4, 0.5) is 0 Å². The van der Waals surface area contributed by atoms with Crippen molar-refractivity contribution in [1.82, 2.24) is 9.78 Å². The van der Waals surface area contributed by atoms with Crippen LogP contribution in [0.5, 0.6) is 0 Å². The normalized spacial score (nSPS) is 13.2. The van der Waals surface area contributed by atoms with Gasteiger partial charge in [-0.2, -0.15) is 5.10 Å². The fourth-order valence-corrected chi connectivity index (χ4v) is 1.46. The number of aromatic nitrogens is 2. The molecule has 0 aliphatic rings. The zero-order valence-corrected chi connectivity index (χ0v) is 9.24. The molecule has 80 valence electrons. The highest BCUT2D eigenvalue weighted by Crippen LogP contribution is 2.13. The molecule has 1 atom stereocenters. The maximum atomic E-state index is 9.12. The van der Waals surface area contributed by atoms with Crippen molar-refractivity contribution in [2.75, 3.05) is 7.11 Å². The van der Waals surface area contributed by atoms with Gasteiger partial charge in [-0.05, 0) is 20.8 Å². The Hall–Kier alpha value is -0.870. The summed E-state index contributed by atoms with van der Waals surface area (Å²) in [4.78, 5) is 0. The summed E-state index contributed by atoms with van der Waals surface area (Å²) in [6.45, 7) is 6.65. The molecule has 14 heavy (non-hydrogen) atoms. The Bertz CT molecular complexity index is 307. The van der Waals surface area contributed by atoms with Crippen LogP contribution in [0.3, 0.4) is 0 Å². The van der Waals surface area contributed by atoms with E-state index in [1.54, 1.807) is 7.11 Å². The Balaban J connectivity index is 2.88. The Kier molecular flexibility index (Phi) is 3.66. The van der Waals surface area contributed by atoms with Gasteiger partial charge in [-0.3, -0.25) is 4.68 Å². The number of aliphatic hydroxyl groups is 1. The highest BCUT2D eigenvalue weighted by molar-refractivity contribution is 5.23. The third-order valence-electron chi connectivity index (χ3n) is 2.52. The molecule has 0 aliphatic heterocycles. The van der Waals surface area contributed by atoms with E-state index >= 15 is 0 Å². The average Bonchev–Trinajstić information content (AvgIpc) is 2.42. The van der Waals surface area contributed by atoms with Crippen LogP contribution in [0.25, 0.3) is 0 Å². The number of aliphatic hydroxyl groups excluding tert-OH is 1. The molecule has 0 fully saturated rings. The molecule has 0 radical (unpaired) electrons. The molecule has 0 aromatic carbocycles. The Morgan fingerprint density at radius 1 is 1.50 bits per heavy atom. The van der Waals surface area contributed by atoms with E-state index in [1.807, 2.05) is 25.5 Å². The third-order valence-corrected chi connectivity index (χ3v) is 2.52. The van der Waals surface area contributed by atoms with Crippen LogP contribution in [0.2, 0.25) is 0 Å². The summed E-state index contributed by atoms with van der Waals surface area (Å²) in [7, 11) is 1.68. The van der Waals surface area contributed by atoms with E-state index in [0.717, 1.165) is 23.5 Å². The zero-order chi connectivity index (χ0) is 10.7. The van der Waals surface area contributed by atoms with Crippen LogP contribution in [0, 0.1) is 13.8 Å². The number of methoxy groups -OCH3 is 1. The molecule has 0 spiro atoms. The molecular formula is C10H18N2O2. The van der Waals surface area contributed by atoms with Gasteiger partial charge >= 0.3 is 0 Å².